The van der Waals surface area contributed by atoms with E-state index in [0.29, 0.717) is 71.8 Å². The number of pyridine rings is 1. The van der Waals surface area contributed by atoms with Crippen molar-refractivity contribution in [3.8, 4) is 39.4 Å². The van der Waals surface area contributed by atoms with Gasteiger partial charge in [-0.15, -0.1) is 5.10 Å². The molecule has 0 amide bonds. The highest BCUT2D eigenvalue weighted by atomic mass is 35.5. The van der Waals surface area contributed by atoms with Crippen LogP contribution in [0.3, 0.4) is 0 Å². The van der Waals surface area contributed by atoms with Gasteiger partial charge in [0.15, 0.2) is 12.1 Å². The predicted molar refractivity (Wildman–Crippen MR) is 146 cm³/mol. The van der Waals surface area contributed by atoms with Gasteiger partial charge in [-0.1, -0.05) is 71.2 Å². The summed E-state index contributed by atoms with van der Waals surface area (Å²) in [6.45, 7) is 3.88. The number of halogens is 3. The second-order valence-corrected chi connectivity index (χ2v) is 9.37. The summed E-state index contributed by atoms with van der Waals surface area (Å²) in [5.74, 6) is 0.322. The van der Waals surface area contributed by atoms with Gasteiger partial charge in [0.2, 0.25) is 5.88 Å². The van der Waals surface area contributed by atoms with Gasteiger partial charge in [-0.3, -0.25) is 14.2 Å². The molecule has 0 bridgehead atoms. The third kappa shape index (κ3) is 4.19. The molecule has 185 valence electrons. The van der Waals surface area contributed by atoms with Crippen molar-refractivity contribution in [2.75, 3.05) is 7.11 Å². The lowest BCUT2D eigenvalue weighted by Gasteiger charge is -2.14. The maximum absolute atomic E-state index is 12.7. The largest absolute Gasteiger partial charge is 0.481 e. The first kappa shape index (κ1) is 25.0. The lowest BCUT2D eigenvalue weighted by atomic mass is 9.97. The molecule has 0 spiro atoms. The Morgan fingerprint density at radius 1 is 0.973 bits per heavy atom. The number of nitrogens with zero attached hydrogens (tertiary/aromatic N) is 4. The van der Waals surface area contributed by atoms with E-state index in [-0.39, 0.29) is 11.4 Å². The molecule has 0 atom stereocenters. The SMILES string of the molecule is [CH2]c1c(Cl)cc(-c2cccc(-c3cccc(-c4cc5c(=O)n(C)c(C=O)nn5c4)c3Cl)c2Cl)nc1OC. The summed E-state index contributed by atoms with van der Waals surface area (Å²) >= 11 is 20.1. The van der Waals surface area contributed by atoms with E-state index in [0.717, 1.165) is 0 Å². The van der Waals surface area contributed by atoms with E-state index >= 15 is 0 Å². The molecule has 0 N–H and O–H groups in total. The number of carbonyl (C=O) groups is 1. The van der Waals surface area contributed by atoms with Crippen LogP contribution in [-0.2, 0) is 7.05 Å². The molecule has 2 aromatic carbocycles. The van der Waals surface area contributed by atoms with E-state index in [4.69, 9.17) is 39.5 Å². The molecule has 0 aliphatic rings. The van der Waals surface area contributed by atoms with Crippen molar-refractivity contribution < 1.29 is 9.53 Å². The summed E-state index contributed by atoms with van der Waals surface area (Å²) in [6.07, 6.45) is 2.19. The molecular weight excluding hydrogens is 535 g/mol. The van der Waals surface area contributed by atoms with E-state index < -0.39 is 0 Å². The summed E-state index contributed by atoms with van der Waals surface area (Å²) in [7, 11) is 2.99. The van der Waals surface area contributed by atoms with E-state index in [1.54, 1.807) is 18.3 Å². The Labute approximate surface area is 226 Å². The number of aromatic nitrogens is 4. The highest BCUT2D eigenvalue weighted by molar-refractivity contribution is 6.39. The number of ether oxygens (including phenoxy) is 1. The Morgan fingerprint density at radius 3 is 2.24 bits per heavy atom. The van der Waals surface area contributed by atoms with Gasteiger partial charge in [0, 0.05) is 46.6 Å². The van der Waals surface area contributed by atoms with Crippen LogP contribution in [0.1, 0.15) is 16.2 Å². The fourth-order valence-electron chi connectivity index (χ4n) is 4.12. The van der Waals surface area contributed by atoms with E-state index in [1.807, 2.05) is 36.4 Å². The zero-order valence-electron chi connectivity index (χ0n) is 19.6. The average molecular weight is 553 g/mol. The minimum absolute atomic E-state index is 0.0142. The first-order chi connectivity index (χ1) is 17.7. The number of fused-ring (bicyclic) bond motifs is 1. The molecule has 7 nitrogen and oxygen atoms in total. The average Bonchev–Trinajstić information content (AvgIpc) is 3.32. The minimum atomic E-state index is -0.346. The van der Waals surface area contributed by atoms with E-state index in [9.17, 15) is 9.59 Å². The summed E-state index contributed by atoms with van der Waals surface area (Å²) in [5.41, 5.74) is 4.33. The zero-order chi connectivity index (χ0) is 26.4. The number of hydrogen-bond acceptors (Lipinski definition) is 5. The van der Waals surface area contributed by atoms with Gasteiger partial charge in [0.1, 0.15) is 5.52 Å². The van der Waals surface area contributed by atoms with Crippen molar-refractivity contribution in [3.63, 3.8) is 0 Å². The lowest BCUT2D eigenvalue weighted by molar-refractivity contribution is 0.110. The second-order valence-electron chi connectivity index (χ2n) is 8.21. The molecule has 0 saturated heterocycles. The van der Waals surface area contributed by atoms with E-state index in [1.165, 1.54) is 23.2 Å². The van der Waals surface area contributed by atoms with Gasteiger partial charge < -0.3 is 4.74 Å². The topological polar surface area (TPSA) is 78.5 Å². The second kappa shape index (κ2) is 9.67. The quantitative estimate of drug-likeness (QED) is 0.236. The molecule has 0 saturated carbocycles. The molecule has 0 unspecified atom stereocenters. The van der Waals surface area contributed by atoms with Gasteiger partial charge in [0.25, 0.3) is 5.56 Å². The molecule has 0 fully saturated rings. The van der Waals surface area contributed by atoms with Crippen molar-refractivity contribution in [1.82, 2.24) is 19.2 Å². The number of methoxy groups -OCH3 is 1. The molecule has 3 heterocycles. The van der Waals surface area contributed by atoms with Gasteiger partial charge in [0.05, 0.1) is 27.9 Å². The standard InChI is InChI=1S/C27H18Cl3N4O3/c1-14-20(28)11-21(31-26(14)37-3)19-9-5-8-18(25(19)30)17-7-4-6-16(24(17)29)15-10-22-27(36)33(2)23(13-35)32-34(22)12-15/h4-13H,1H2,2-3H3. The predicted octanol–water partition coefficient (Wildman–Crippen LogP) is 6.39. The number of carbonyl (C=O) groups excluding carboxylic acids is 1. The Balaban J connectivity index is 1.65. The highest BCUT2D eigenvalue weighted by Crippen LogP contribution is 2.43. The molecule has 37 heavy (non-hydrogen) atoms. The molecule has 0 aliphatic carbocycles. The molecule has 5 rings (SSSR count). The smallest absolute Gasteiger partial charge is 0.277 e. The number of rotatable bonds is 5. The van der Waals surface area contributed by atoms with Crippen LogP contribution in [0, 0.1) is 6.92 Å². The highest BCUT2D eigenvalue weighted by Gasteiger charge is 2.19. The van der Waals surface area contributed by atoms with Crippen LogP contribution in [-0.4, -0.2) is 32.6 Å². The summed E-state index contributed by atoms with van der Waals surface area (Å²) in [6, 6.07) is 14.4. The van der Waals surface area contributed by atoms with Gasteiger partial charge >= 0.3 is 0 Å². The molecule has 1 radical (unpaired) electrons. The van der Waals surface area contributed by atoms with Crippen LogP contribution in [0.5, 0.6) is 5.88 Å². The Hall–Kier alpha value is -3.65. The Morgan fingerprint density at radius 2 is 1.59 bits per heavy atom. The van der Waals surface area contributed by atoms with Crippen molar-refractivity contribution in [1.29, 1.82) is 0 Å². The molecule has 5 aromatic rings. The van der Waals surface area contributed by atoms with Crippen LogP contribution >= 0.6 is 34.8 Å². The zero-order valence-corrected chi connectivity index (χ0v) is 21.9. The van der Waals surface area contributed by atoms with Crippen LogP contribution in [0.4, 0.5) is 0 Å². The van der Waals surface area contributed by atoms with Crippen molar-refractivity contribution in [2.24, 2.45) is 7.05 Å². The summed E-state index contributed by atoms with van der Waals surface area (Å²) < 4.78 is 7.89. The minimum Gasteiger partial charge on any atom is -0.481 e. The van der Waals surface area contributed by atoms with Crippen LogP contribution in [0.15, 0.2) is 59.5 Å². The molecular formula is C27H18Cl3N4O3. The monoisotopic (exact) mass is 551 g/mol. The third-order valence-corrected chi connectivity index (χ3v) is 7.23. The van der Waals surface area contributed by atoms with Crippen molar-refractivity contribution in [2.45, 2.75) is 0 Å². The first-order valence-electron chi connectivity index (χ1n) is 10.9. The van der Waals surface area contributed by atoms with E-state index in [2.05, 4.69) is 17.0 Å². The maximum Gasteiger partial charge on any atom is 0.277 e. The Bertz CT molecular complexity index is 1780. The molecule has 3 aromatic heterocycles. The van der Waals surface area contributed by atoms with Crippen LogP contribution in [0.25, 0.3) is 39.0 Å². The number of benzene rings is 2. The third-order valence-electron chi connectivity index (χ3n) is 6.08. The van der Waals surface area contributed by atoms with Gasteiger partial charge in [-0.2, -0.15) is 0 Å². The normalized spacial score (nSPS) is 11.2. The van der Waals surface area contributed by atoms with Crippen LogP contribution in [0.2, 0.25) is 15.1 Å². The summed E-state index contributed by atoms with van der Waals surface area (Å²) in [4.78, 5) is 28.5. The Kier molecular flexibility index (Phi) is 6.54. The van der Waals surface area contributed by atoms with Crippen LogP contribution < -0.4 is 10.3 Å². The molecule has 10 heteroatoms. The first-order valence-corrected chi connectivity index (χ1v) is 12.1. The summed E-state index contributed by atoms with van der Waals surface area (Å²) in [5, 5.41) is 5.48. The fraction of sp³-hybridized carbons (Fsp3) is 0.0741. The number of aldehydes is 1. The lowest BCUT2D eigenvalue weighted by Crippen LogP contribution is -2.24. The fourth-order valence-corrected chi connectivity index (χ4v) is 4.97. The number of hydrogen-bond donors (Lipinski definition) is 0. The van der Waals surface area contributed by atoms with Gasteiger partial charge in [-0.05, 0) is 19.1 Å². The molecule has 0 aliphatic heterocycles. The maximum atomic E-state index is 12.7. The van der Waals surface area contributed by atoms with Crippen molar-refractivity contribution in [3.05, 3.63) is 98.5 Å². The van der Waals surface area contributed by atoms with Crippen molar-refractivity contribution >= 4 is 46.6 Å². The van der Waals surface area contributed by atoms with Gasteiger partial charge in [-0.25, -0.2) is 9.50 Å².